The molecule has 0 radical (unpaired) electrons. The number of nitrogens with one attached hydrogen (secondary N) is 1. The summed E-state index contributed by atoms with van der Waals surface area (Å²) in [5.74, 6) is -0.825. The molecule has 1 aromatic carbocycles. The van der Waals surface area contributed by atoms with Crippen LogP contribution in [0.15, 0.2) is 18.2 Å². The number of aliphatic carboxylic acids is 1. The van der Waals surface area contributed by atoms with Crippen molar-refractivity contribution in [3.05, 3.63) is 35.0 Å². The molecule has 0 fully saturated rings. The molecule has 2 N–H and O–H groups in total. The van der Waals surface area contributed by atoms with Gasteiger partial charge in [-0.15, -0.1) is 0 Å². The molecule has 1 aromatic heterocycles. The predicted molar refractivity (Wildman–Crippen MR) is 74.4 cm³/mol. The van der Waals surface area contributed by atoms with E-state index in [0.717, 1.165) is 36.0 Å². The summed E-state index contributed by atoms with van der Waals surface area (Å²) in [6.07, 6.45) is 2.20. The van der Waals surface area contributed by atoms with Gasteiger partial charge in [-0.05, 0) is 32.4 Å². The van der Waals surface area contributed by atoms with Gasteiger partial charge < -0.3 is 15.0 Å². The molecule has 0 saturated carbocycles. The third kappa shape index (κ3) is 1.67. The molecule has 2 heterocycles. The number of carboxylic acid groups (broad SMARTS) is 1. The Labute approximate surface area is 112 Å². The summed E-state index contributed by atoms with van der Waals surface area (Å²) in [5.41, 5.74) is 4.54. The minimum Gasteiger partial charge on any atom is -0.480 e. The zero-order valence-electron chi connectivity index (χ0n) is 11.2. The first-order valence-electron chi connectivity index (χ1n) is 6.65. The van der Waals surface area contributed by atoms with E-state index in [4.69, 9.17) is 0 Å². The number of para-hydroxylation sites is 1. The number of aromatic nitrogens is 1. The molecule has 1 atom stereocenters. The number of nitrogens with zero attached hydrogens (tertiary/aromatic N) is 1. The van der Waals surface area contributed by atoms with Crippen LogP contribution >= 0.6 is 0 Å². The average Bonchev–Trinajstić information content (AvgIpc) is 2.68. The minimum atomic E-state index is -0.825. The van der Waals surface area contributed by atoms with Gasteiger partial charge in [0, 0.05) is 23.2 Å². The number of benzene rings is 1. The van der Waals surface area contributed by atoms with Gasteiger partial charge in [0.1, 0.15) is 6.04 Å². The highest BCUT2D eigenvalue weighted by atomic mass is 16.4. The SMILES string of the molecule is CNC(C(=O)O)c1c(C)n2c3c(cccc13)CCC2. The molecule has 0 bridgehead atoms. The fourth-order valence-electron chi connectivity index (χ4n) is 3.30. The smallest absolute Gasteiger partial charge is 0.325 e. The number of likely N-dealkylation sites (N-methyl/N-ethyl adjacent to an activating group) is 1. The van der Waals surface area contributed by atoms with E-state index in [-0.39, 0.29) is 0 Å². The van der Waals surface area contributed by atoms with E-state index < -0.39 is 12.0 Å². The van der Waals surface area contributed by atoms with Gasteiger partial charge in [0.05, 0.1) is 5.52 Å². The normalized spacial score (nSPS) is 15.7. The molecular weight excluding hydrogens is 240 g/mol. The predicted octanol–water partition coefficient (Wildman–Crippen LogP) is 2.24. The second-order valence-electron chi connectivity index (χ2n) is 5.13. The van der Waals surface area contributed by atoms with Gasteiger partial charge in [0.25, 0.3) is 0 Å². The summed E-state index contributed by atoms with van der Waals surface area (Å²) in [5, 5.41) is 13.4. The van der Waals surface area contributed by atoms with Crippen molar-refractivity contribution in [3.63, 3.8) is 0 Å². The first-order chi connectivity index (χ1) is 9.15. The van der Waals surface area contributed by atoms with Gasteiger partial charge in [-0.25, -0.2) is 0 Å². The maximum Gasteiger partial charge on any atom is 0.325 e. The molecule has 1 aliphatic heterocycles. The van der Waals surface area contributed by atoms with E-state index in [0.29, 0.717) is 0 Å². The molecule has 19 heavy (non-hydrogen) atoms. The molecule has 0 aliphatic carbocycles. The minimum absolute atomic E-state index is 0.642. The Kier molecular flexibility index (Phi) is 2.82. The lowest BCUT2D eigenvalue weighted by molar-refractivity contribution is -0.139. The third-order valence-electron chi connectivity index (χ3n) is 4.13. The Morgan fingerprint density at radius 2 is 2.26 bits per heavy atom. The number of aryl methyl sites for hydroxylation is 2. The summed E-state index contributed by atoms with van der Waals surface area (Å²) in [6.45, 7) is 3.01. The van der Waals surface area contributed by atoms with Crippen LogP contribution in [-0.2, 0) is 17.8 Å². The average molecular weight is 258 g/mol. The fourth-order valence-corrected chi connectivity index (χ4v) is 3.30. The van der Waals surface area contributed by atoms with Crippen LogP contribution in [0.1, 0.15) is 29.3 Å². The summed E-state index contributed by atoms with van der Waals surface area (Å²) in [7, 11) is 1.70. The summed E-state index contributed by atoms with van der Waals surface area (Å²) in [6, 6.07) is 5.58. The van der Waals surface area contributed by atoms with E-state index >= 15 is 0 Å². The lowest BCUT2D eigenvalue weighted by atomic mass is 9.99. The van der Waals surface area contributed by atoms with Gasteiger partial charge >= 0.3 is 5.97 Å². The Balaban J connectivity index is 2.35. The van der Waals surface area contributed by atoms with Crippen molar-refractivity contribution < 1.29 is 9.90 Å². The highest BCUT2D eigenvalue weighted by Gasteiger charge is 2.27. The topological polar surface area (TPSA) is 54.3 Å². The molecule has 0 saturated heterocycles. The third-order valence-corrected chi connectivity index (χ3v) is 4.13. The van der Waals surface area contributed by atoms with Crippen molar-refractivity contribution >= 4 is 16.9 Å². The highest BCUT2D eigenvalue weighted by Crippen LogP contribution is 2.35. The van der Waals surface area contributed by atoms with Crippen LogP contribution in [0.4, 0.5) is 0 Å². The molecule has 0 spiro atoms. The lowest BCUT2D eigenvalue weighted by Crippen LogP contribution is -2.25. The van der Waals surface area contributed by atoms with Crippen molar-refractivity contribution in [3.8, 4) is 0 Å². The zero-order chi connectivity index (χ0) is 13.6. The molecule has 1 aliphatic rings. The van der Waals surface area contributed by atoms with Crippen molar-refractivity contribution in [2.45, 2.75) is 32.4 Å². The second-order valence-corrected chi connectivity index (χ2v) is 5.13. The van der Waals surface area contributed by atoms with Crippen LogP contribution in [0, 0.1) is 6.92 Å². The Hall–Kier alpha value is -1.81. The molecule has 0 amide bonds. The van der Waals surface area contributed by atoms with Crippen LogP contribution in [0.5, 0.6) is 0 Å². The Bertz CT molecular complexity index is 658. The fraction of sp³-hybridized carbons (Fsp3) is 0.400. The maximum absolute atomic E-state index is 11.5. The number of hydrogen-bond donors (Lipinski definition) is 2. The van der Waals surface area contributed by atoms with Crippen molar-refractivity contribution in [2.24, 2.45) is 0 Å². The summed E-state index contributed by atoms with van der Waals surface area (Å²) >= 11 is 0. The molecule has 100 valence electrons. The quantitative estimate of drug-likeness (QED) is 0.887. The second kappa shape index (κ2) is 4.38. The van der Waals surface area contributed by atoms with Crippen LogP contribution in [-0.4, -0.2) is 22.7 Å². The molecular formula is C15H18N2O2. The molecule has 1 unspecified atom stereocenters. The van der Waals surface area contributed by atoms with Crippen molar-refractivity contribution in [1.29, 1.82) is 0 Å². The monoisotopic (exact) mass is 258 g/mol. The van der Waals surface area contributed by atoms with Gasteiger partial charge in [-0.2, -0.15) is 0 Å². The molecule has 4 heteroatoms. The van der Waals surface area contributed by atoms with E-state index in [1.165, 1.54) is 11.1 Å². The van der Waals surface area contributed by atoms with Crippen LogP contribution < -0.4 is 5.32 Å². The molecule has 2 aromatic rings. The van der Waals surface area contributed by atoms with E-state index in [2.05, 4.69) is 16.0 Å². The van der Waals surface area contributed by atoms with E-state index in [1.54, 1.807) is 7.05 Å². The molecule has 4 nitrogen and oxygen atoms in total. The molecule has 3 rings (SSSR count). The highest BCUT2D eigenvalue weighted by molar-refractivity contribution is 5.93. The lowest BCUT2D eigenvalue weighted by Gasteiger charge is -2.16. The first-order valence-corrected chi connectivity index (χ1v) is 6.65. The van der Waals surface area contributed by atoms with Crippen molar-refractivity contribution in [1.82, 2.24) is 9.88 Å². The number of rotatable bonds is 3. The number of carboxylic acids is 1. The van der Waals surface area contributed by atoms with Crippen LogP contribution in [0.2, 0.25) is 0 Å². The Morgan fingerprint density at radius 3 is 2.95 bits per heavy atom. The zero-order valence-corrected chi connectivity index (χ0v) is 11.2. The van der Waals surface area contributed by atoms with Crippen LogP contribution in [0.25, 0.3) is 10.9 Å². The summed E-state index contributed by atoms with van der Waals surface area (Å²) in [4.78, 5) is 11.5. The number of carbonyl (C=O) groups is 1. The van der Waals surface area contributed by atoms with Gasteiger partial charge in [-0.3, -0.25) is 4.79 Å². The summed E-state index contributed by atoms with van der Waals surface area (Å²) < 4.78 is 2.27. The van der Waals surface area contributed by atoms with Gasteiger partial charge in [0.15, 0.2) is 0 Å². The Morgan fingerprint density at radius 1 is 1.47 bits per heavy atom. The van der Waals surface area contributed by atoms with Crippen LogP contribution in [0.3, 0.4) is 0 Å². The number of hydrogen-bond acceptors (Lipinski definition) is 2. The van der Waals surface area contributed by atoms with Gasteiger partial charge in [-0.1, -0.05) is 18.2 Å². The van der Waals surface area contributed by atoms with E-state index in [1.807, 2.05) is 19.1 Å². The standard InChI is InChI=1S/C15H18N2O2/c1-9-12(13(16-2)15(18)19)11-7-3-5-10-6-4-8-17(9)14(10)11/h3,5,7,13,16H,4,6,8H2,1-2H3,(H,18,19). The first kappa shape index (κ1) is 12.2. The maximum atomic E-state index is 11.5. The largest absolute Gasteiger partial charge is 0.480 e. The van der Waals surface area contributed by atoms with Crippen molar-refractivity contribution in [2.75, 3.05) is 7.05 Å². The van der Waals surface area contributed by atoms with Gasteiger partial charge in [0.2, 0.25) is 0 Å². The van der Waals surface area contributed by atoms with E-state index in [9.17, 15) is 9.90 Å².